The fraction of sp³-hybridized carbons (Fsp3) is 0. The summed E-state index contributed by atoms with van der Waals surface area (Å²) >= 11 is 0. The third-order valence-electron chi connectivity index (χ3n) is 2.84. The van der Waals surface area contributed by atoms with Crippen molar-refractivity contribution in [1.29, 1.82) is 0 Å². The molecular formula is C14H12N4O2S. The Balaban J connectivity index is 1.86. The molecule has 7 heteroatoms. The maximum absolute atomic E-state index is 12.2. The van der Waals surface area contributed by atoms with Gasteiger partial charge in [0.25, 0.3) is 10.0 Å². The molecular weight excluding hydrogens is 288 g/mol. The summed E-state index contributed by atoms with van der Waals surface area (Å²) in [4.78, 5) is 7.84. The fourth-order valence-electron chi connectivity index (χ4n) is 1.83. The van der Waals surface area contributed by atoms with E-state index < -0.39 is 10.0 Å². The van der Waals surface area contributed by atoms with Crippen molar-refractivity contribution in [2.75, 3.05) is 4.72 Å². The van der Waals surface area contributed by atoms with Crippen molar-refractivity contribution in [3.8, 4) is 5.69 Å². The molecule has 0 atom stereocenters. The van der Waals surface area contributed by atoms with E-state index in [1.54, 1.807) is 30.3 Å². The van der Waals surface area contributed by atoms with Crippen molar-refractivity contribution in [3.63, 3.8) is 0 Å². The minimum atomic E-state index is -3.68. The first-order valence-electron chi connectivity index (χ1n) is 6.18. The number of benzene rings is 1. The normalized spacial score (nSPS) is 11.2. The Morgan fingerprint density at radius 2 is 1.52 bits per heavy atom. The minimum Gasteiger partial charge on any atom is -0.324 e. The molecule has 0 spiro atoms. The number of sulfonamides is 1. The topological polar surface area (TPSA) is 76.9 Å². The van der Waals surface area contributed by atoms with Crippen LogP contribution in [0, 0.1) is 0 Å². The van der Waals surface area contributed by atoms with Gasteiger partial charge in [-0.1, -0.05) is 0 Å². The van der Waals surface area contributed by atoms with Crippen molar-refractivity contribution in [3.05, 3.63) is 67.3 Å². The molecule has 0 fully saturated rings. The number of rotatable bonds is 4. The van der Waals surface area contributed by atoms with Crippen molar-refractivity contribution in [2.45, 2.75) is 4.90 Å². The van der Waals surface area contributed by atoms with Crippen LogP contribution in [0.4, 0.5) is 5.95 Å². The Labute approximate surface area is 122 Å². The van der Waals surface area contributed by atoms with Gasteiger partial charge in [0.05, 0.1) is 4.90 Å². The molecule has 2 heterocycles. The van der Waals surface area contributed by atoms with E-state index in [1.165, 1.54) is 12.4 Å². The van der Waals surface area contributed by atoms with Crippen LogP contribution in [0.5, 0.6) is 0 Å². The van der Waals surface area contributed by atoms with Crippen LogP contribution < -0.4 is 4.72 Å². The Hall–Kier alpha value is -2.67. The molecule has 3 rings (SSSR count). The summed E-state index contributed by atoms with van der Waals surface area (Å²) in [6.07, 6.45) is 6.72. The van der Waals surface area contributed by atoms with Gasteiger partial charge in [-0.3, -0.25) is 0 Å². The molecule has 1 N–H and O–H groups in total. The van der Waals surface area contributed by atoms with E-state index in [0.29, 0.717) is 0 Å². The molecule has 0 radical (unpaired) electrons. The number of aromatic nitrogens is 3. The molecule has 0 aliphatic rings. The van der Waals surface area contributed by atoms with Crippen LogP contribution in [0.15, 0.2) is 72.1 Å². The van der Waals surface area contributed by atoms with E-state index >= 15 is 0 Å². The second-order valence-corrected chi connectivity index (χ2v) is 5.94. The van der Waals surface area contributed by atoms with Crippen LogP contribution in [0.2, 0.25) is 0 Å². The molecule has 0 amide bonds. The molecule has 0 unspecified atom stereocenters. The molecule has 3 aromatic rings. The van der Waals surface area contributed by atoms with Crippen molar-refractivity contribution < 1.29 is 8.42 Å². The third kappa shape index (κ3) is 2.92. The largest absolute Gasteiger partial charge is 0.324 e. The predicted octanol–water partition coefficient (Wildman–Crippen LogP) is 2.07. The van der Waals surface area contributed by atoms with Gasteiger partial charge in [0, 0.05) is 30.5 Å². The lowest BCUT2D eigenvalue weighted by Crippen LogP contribution is -2.14. The average molecular weight is 300 g/mol. The van der Waals surface area contributed by atoms with Crippen LogP contribution >= 0.6 is 0 Å². The monoisotopic (exact) mass is 300 g/mol. The summed E-state index contributed by atoms with van der Waals surface area (Å²) in [5.41, 5.74) is 0.884. The van der Waals surface area contributed by atoms with Crippen LogP contribution in [0.25, 0.3) is 5.69 Å². The number of hydrogen-bond acceptors (Lipinski definition) is 4. The summed E-state index contributed by atoms with van der Waals surface area (Å²) in [6.45, 7) is 0. The summed E-state index contributed by atoms with van der Waals surface area (Å²) in [5, 5.41) is 0. The lowest BCUT2D eigenvalue weighted by Gasteiger charge is -2.07. The molecule has 2 aromatic heterocycles. The maximum Gasteiger partial charge on any atom is 0.264 e. The van der Waals surface area contributed by atoms with Gasteiger partial charge >= 0.3 is 0 Å². The zero-order valence-corrected chi connectivity index (χ0v) is 11.7. The zero-order valence-electron chi connectivity index (χ0n) is 10.9. The van der Waals surface area contributed by atoms with Crippen LogP contribution in [-0.2, 0) is 10.0 Å². The van der Waals surface area contributed by atoms with Crippen molar-refractivity contribution >= 4 is 16.0 Å². The van der Waals surface area contributed by atoms with Gasteiger partial charge in [0.2, 0.25) is 5.95 Å². The molecule has 106 valence electrons. The quantitative estimate of drug-likeness (QED) is 0.800. The van der Waals surface area contributed by atoms with E-state index in [1.807, 2.05) is 29.1 Å². The SMILES string of the molecule is O=S(=O)(Nc1ncccn1)c1ccc(-n2cccc2)cc1. The third-order valence-corrected chi connectivity index (χ3v) is 4.19. The van der Waals surface area contributed by atoms with E-state index in [2.05, 4.69) is 14.7 Å². The average Bonchev–Trinajstić information content (AvgIpc) is 3.02. The highest BCUT2D eigenvalue weighted by molar-refractivity contribution is 7.92. The first-order chi connectivity index (χ1) is 10.1. The van der Waals surface area contributed by atoms with Crippen molar-refractivity contribution in [2.24, 2.45) is 0 Å². The number of hydrogen-bond donors (Lipinski definition) is 1. The van der Waals surface area contributed by atoms with Crippen LogP contribution in [0.1, 0.15) is 0 Å². The van der Waals surface area contributed by atoms with Gasteiger partial charge in [-0.05, 0) is 42.5 Å². The number of nitrogens with zero attached hydrogens (tertiary/aromatic N) is 3. The second-order valence-electron chi connectivity index (χ2n) is 4.26. The Bertz CT molecular complexity index is 813. The Morgan fingerprint density at radius 1 is 0.905 bits per heavy atom. The smallest absolute Gasteiger partial charge is 0.264 e. The first-order valence-corrected chi connectivity index (χ1v) is 7.67. The van der Waals surface area contributed by atoms with Gasteiger partial charge in [-0.25, -0.2) is 23.1 Å². The minimum absolute atomic E-state index is 0.0481. The number of nitrogens with one attached hydrogen (secondary N) is 1. The molecule has 6 nitrogen and oxygen atoms in total. The highest BCUT2D eigenvalue weighted by Gasteiger charge is 2.15. The van der Waals surface area contributed by atoms with E-state index in [4.69, 9.17) is 0 Å². The molecule has 0 bridgehead atoms. The van der Waals surface area contributed by atoms with Crippen LogP contribution in [-0.4, -0.2) is 23.0 Å². The summed E-state index contributed by atoms with van der Waals surface area (Å²) < 4.78 is 28.6. The van der Waals surface area contributed by atoms with Crippen molar-refractivity contribution in [1.82, 2.24) is 14.5 Å². The standard InChI is InChI=1S/C14H12N4O2S/c19-21(20,17-14-15-8-3-9-16-14)13-6-4-12(5-7-13)18-10-1-2-11-18/h1-11H,(H,15,16,17). The second kappa shape index (κ2) is 5.37. The number of anilines is 1. The van der Waals surface area contributed by atoms with E-state index in [-0.39, 0.29) is 10.8 Å². The predicted molar refractivity (Wildman–Crippen MR) is 78.6 cm³/mol. The van der Waals surface area contributed by atoms with Gasteiger partial charge in [-0.2, -0.15) is 0 Å². The molecule has 21 heavy (non-hydrogen) atoms. The molecule has 0 saturated heterocycles. The Morgan fingerprint density at radius 3 is 2.14 bits per heavy atom. The first kappa shape index (κ1) is 13.3. The van der Waals surface area contributed by atoms with Crippen LogP contribution in [0.3, 0.4) is 0 Å². The highest BCUT2D eigenvalue weighted by Crippen LogP contribution is 2.16. The fourth-order valence-corrected chi connectivity index (χ4v) is 2.79. The van der Waals surface area contributed by atoms with E-state index in [0.717, 1.165) is 5.69 Å². The zero-order chi connectivity index (χ0) is 14.7. The summed E-state index contributed by atoms with van der Waals surface area (Å²) in [5.74, 6) is 0.0481. The molecule has 1 aromatic carbocycles. The maximum atomic E-state index is 12.2. The lowest BCUT2D eigenvalue weighted by atomic mass is 10.3. The van der Waals surface area contributed by atoms with Gasteiger partial charge in [-0.15, -0.1) is 0 Å². The molecule has 0 aliphatic heterocycles. The Kier molecular flexibility index (Phi) is 3.41. The van der Waals surface area contributed by atoms with Gasteiger partial charge in [0.15, 0.2) is 0 Å². The highest BCUT2D eigenvalue weighted by atomic mass is 32.2. The summed E-state index contributed by atoms with van der Waals surface area (Å²) in [7, 11) is -3.68. The summed E-state index contributed by atoms with van der Waals surface area (Å²) in [6, 6.07) is 12.0. The van der Waals surface area contributed by atoms with Gasteiger partial charge in [0.1, 0.15) is 0 Å². The lowest BCUT2D eigenvalue weighted by molar-refractivity contribution is 0.601. The van der Waals surface area contributed by atoms with E-state index in [9.17, 15) is 8.42 Å². The molecule has 0 saturated carbocycles. The molecule has 0 aliphatic carbocycles. The van der Waals surface area contributed by atoms with Gasteiger partial charge < -0.3 is 4.57 Å².